The first-order valence-corrected chi connectivity index (χ1v) is 4.66. The maximum absolute atomic E-state index is 13.3. The SMILES string of the molecule is CC(=O)c1ccc(OCCC(=O)O)cc1F. The third-order valence-electron chi connectivity index (χ3n) is 1.90. The summed E-state index contributed by atoms with van der Waals surface area (Å²) < 4.78 is 18.3. The number of Topliss-reactive ketones (excluding diaryl/α,β-unsaturated/α-hetero) is 1. The third-order valence-corrected chi connectivity index (χ3v) is 1.90. The van der Waals surface area contributed by atoms with Crippen molar-refractivity contribution in [3.05, 3.63) is 29.6 Å². The molecule has 0 heterocycles. The Morgan fingerprint density at radius 1 is 1.44 bits per heavy atom. The molecule has 0 atom stereocenters. The molecule has 0 amide bonds. The highest BCUT2D eigenvalue weighted by Crippen LogP contribution is 2.17. The minimum atomic E-state index is -0.985. The Hall–Kier alpha value is -1.91. The standard InChI is InChI=1S/C11H11FO4/c1-7(13)9-3-2-8(6-10(9)12)16-5-4-11(14)15/h2-3,6H,4-5H2,1H3,(H,14,15). The number of hydrogen-bond acceptors (Lipinski definition) is 3. The Kier molecular flexibility index (Phi) is 3.99. The van der Waals surface area contributed by atoms with Crippen molar-refractivity contribution < 1.29 is 23.8 Å². The summed E-state index contributed by atoms with van der Waals surface area (Å²) in [6, 6.07) is 3.81. The van der Waals surface area contributed by atoms with Crippen LogP contribution in [0.15, 0.2) is 18.2 Å². The van der Waals surface area contributed by atoms with E-state index in [-0.39, 0.29) is 30.1 Å². The Morgan fingerprint density at radius 3 is 2.62 bits per heavy atom. The van der Waals surface area contributed by atoms with Gasteiger partial charge in [0.1, 0.15) is 11.6 Å². The molecular formula is C11H11FO4. The molecule has 1 N–H and O–H groups in total. The van der Waals surface area contributed by atoms with Crippen LogP contribution < -0.4 is 4.74 Å². The fraction of sp³-hybridized carbons (Fsp3) is 0.273. The van der Waals surface area contributed by atoms with E-state index >= 15 is 0 Å². The van der Waals surface area contributed by atoms with Crippen molar-refractivity contribution >= 4 is 11.8 Å². The van der Waals surface area contributed by atoms with Gasteiger partial charge in [0.15, 0.2) is 5.78 Å². The molecule has 0 aromatic heterocycles. The van der Waals surface area contributed by atoms with Crippen LogP contribution in [0.1, 0.15) is 23.7 Å². The summed E-state index contributed by atoms with van der Waals surface area (Å²) in [5.41, 5.74) is -0.00872. The number of halogens is 1. The molecule has 0 aliphatic heterocycles. The van der Waals surface area contributed by atoms with Crippen molar-refractivity contribution in [1.82, 2.24) is 0 Å². The van der Waals surface area contributed by atoms with Crippen LogP contribution in [0.2, 0.25) is 0 Å². The van der Waals surface area contributed by atoms with Crippen LogP contribution in [0.25, 0.3) is 0 Å². The van der Waals surface area contributed by atoms with Crippen molar-refractivity contribution in [1.29, 1.82) is 0 Å². The maximum atomic E-state index is 13.3. The van der Waals surface area contributed by atoms with Crippen LogP contribution >= 0.6 is 0 Å². The zero-order chi connectivity index (χ0) is 12.1. The lowest BCUT2D eigenvalue weighted by atomic mass is 10.1. The number of hydrogen-bond donors (Lipinski definition) is 1. The molecular weight excluding hydrogens is 215 g/mol. The minimum Gasteiger partial charge on any atom is -0.493 e. The molecule has 0 fully saturated rings. The Balaban J connectivity index is 2.66. The Bertz CT molecular complexity index is 414. The van der Waals surface area contributed by atoms with Crippen molar-refractivity contribution in [2.45, 2.75) is 13.3 Å². The molecule has 86 valence electrons. The van der Waals surface area contributed by atoms with Gasteiger partial charge in [0, 0.05) is 6.07 Å². The van der Waals surface area contributed by atoms with Crippen molar-refractivity contribution in [2.24, 2.45) is 0 Å². The monoisotopic (exact) mass is 226 g/mol. The first-order chi connectivity index (χ1) is 7.50. The van der Waals surface area contributed by atoms with Gasteiger partial charge in [-0.1, -0.05) is 0 Å². The Morgan fingerprint density at radius 2 is 2.12 bits per heavy atom. The molecule has 1 aromatic carbocycles. The summed E-state index contributed by atoms with van der Waals surface area (Å²) in [5, 5.41) is 8.36. The van der Waals surface area contributed by atoms with Crippen molar-refractivity contribution in [3.8, 4) is 5.75 Å². The highest BCUT2D eigenvalue weighted by atomic mass is 19.1. The van der Waals surface area contributed by atoms with Gasteiger partial charge in [-0.05, 0) is 19.1 Å². The van der Waals surface area contributed by atoms with E-state index in [9.17, 15) is 14.0 Å². The highest BCUT2D eigenvalue weighted by molar-refractivity contribution is 5.94. The first kappa shape index (κ1) is 12.2. The number of ketones is 1. The van der Waals surface area contributed by atoms with Crippen LogP contribution in [0, 0.1) is 5.82 Å². The molecule has 0 saturated heterocycles. The maximum Gasteiger partial charge on any atom is 0.306 e. The lowest BCUT2D eigenvalue weighted by Crippen LogP contribution is -2.05. The van der Waals surface area contributed by atoms with Gasteiger partial charge in [0.25, 0.3) is 0 Å². The van der Waals surface area contributed by atoms with E-state index in [2.05, 4.69) is 0 Å². The second-order valence-corrected chi connectivity index (χ2v) is 3.19. The van der Waals surface area contributed by atoms with E-state index in [0.717, 1.165) is 6.07 Å². The molecule has 0 spiro atoms. The van der Waals surface area contributed by atoms with Crippen LogP contribution in [0.5, 0.6) is 5.75 Å². The van der Waals surface area contributed by atoms with Gasteiger partial charge in [-0.2, -0.15) is 0 Å². The van der Waals surface area contributed by atoms with Crippen LogP contribution in [-0.2, 0) is 4.79 Å². The normalized spacial score (nSPS) is 9.88. The summed E-state index contributed by atoms with van der Waals surface area (Å²) >= 11 is 0. The number of carbonyl (C=O) groups is 2. The summed E-state index contributed by atoms with van der Waals surface area (Å²) in [6.45, 7) is 1.23. The van der Waals surface area contributed by atoms with E-state index in [1.54, 1.807) is 0 Å². The number of rotatable bonds is 5. The summed E-state index contributed by atoms with van der Waals surface area (Å²) in [5.74, 6) is -1.81. The number of benzene rings is 1. The molecule has 0 aliphatic rings. The quantitative estimate of drug-likeness (QED) is 0.778. The lowest BCUT2D eigenvalue weighted by Gasteiger charge is -2.05. The largest absolute Gasteiger partial charge is 0.493 e. The van der Waals surface area contributed by atoms with E-state index in [0.29, 0.717) is 0 Å². The van der Waals surface area contributed by atoms with E-state index in [1.807, 2.05) is 0 Å². The van der Waals surface area contributed by atoms with Crippen molar-refractivity contribution in [2.75, 3.05) is 6.61 Å². The van der Waals surface area contributed by atoms with E-state index < -0.39 is 11.8 Å². The fourth-order valence-electron chi connectivity index (χ4n) is 1.13. The molecule has 1 rings (SSSR count). The molecule has 0 saturated carbocycles. The number of carboxylic acids is 1. The molecule has 4 nitrogen and oxygen atoms in total. The van der Waals surface area contributed by atoms with Crippen molar-refractivity contribution in [3.63, 3.8) is 0 Å². The molecule has 0 bridgehead atoms. The van der Waals surface area contributed by atoms with Gasteiger partial charge < -0.3 is 9.84 Å². The van der Waals surface area contributed by atoms with Gasteiger partial charge in [0.2, 0.25) is 0 Å². The Labute approximate surface area is 91.7 Å². The lowest BCUT2D eigenvalue weighted by molar-refractivity contribution is -0.137. The fourth-order valence-corrected chi connectivity index (χ4v) is 1.13. The predicted molar refractivity (Wildman–Crippen MR) is 54.2 cm³/mol. The predicted octanol–water partition coefficient (Wildman–Crippen LogP) is 1.88. The molecule has 0 unspecified atom stereocenters. The number of aliphatic carboxylic acids is 1. The average molecular weight is 226 g/mol. The second kappa shape index (κ2) is 5.25. The number of carbonyl (C=O) groups excluding carboxylic acids is 1. The smallest absolute Gasteiger partial charge is 0.306 e. The summed E-state index contributed by atoms with van der Waals surface area (Å²) in [7, 11) is 0. The second-order valence-electron chi connectivity index (χ2n) is 3.19. The average Bonchev–Trinajstić information content (AvgIpc) is 2.16. The van der Waals surface area contributed by atoms with Gasteiger partial charge in [0.05, 0.1) is 18.6 Å². The molecule has 16 heavy (non-hydrogen) atoms. The van der Waals surface area contributed by atoms with Gasteiger partial charge >= 0.3 is 5.97 Å². The van der Waals surface area contributed by atoms with Gasteiger partial charge in [-0.25, -0.2) is 4.39 Å². The highest BCUT2D eigenvalue weighted by Gasteiger charge is 2.08. The minimum absolute atomic E-state index is 0.00872. The zero-order valence-corrected chi connectivity index (χ0v) is 8.70. The molecule has 1 aromatic rings. The van der Waals surface area contributed by atoms with Crippen LogP contribution in [0.3, 0.4) is 0 Å². The topological polar surface area (TPSA) is 63.6 Å². The van der Waals surface area contributed by atoms with E-state index in [1.165, 1.54) is 19.1 Å². The van der Waals surface area contributed by atoms with E-state index in [4.69, 9.17) is 9.84 Å². The number of ether oxygens (including phenoxy) is 1. The molecule has 0 radical (unpaired) electrons. The van der Waals surface area contributed by atoms with Crippen LogP contribution in [0.4, 0.5) is 4.39 Å². The first-order valence-electron chi connectivity index (χ1n) is 4.66. The van der Waals surface area contributed by atoms with Gasteiger partial charge in [-0.3, -0.25) is 9.59 Å². The van der Waals surface area contributed by atoms with Gasteiger partial charge in [-0.15, -0.1) is 0 Å². The molecule has 5 heteroatoms. The zero-order valence-electron chi connectivity index (χ0n) is 8.70. The number of carboxylic acid groups (broad SMARTS) is 1. The molecule has 0 aliphatic carbocycles. The summed E-state index contributed by atoms with van der Waals surface area (Å²) in [6.07, 6.45) is -0.157. The summed E-state index contributed by atoms with van der Waals surface area (Å²) in [4.78, 5) is 21.1. The third kappa shape index (κ3) is 3.34. The van der Waals surface area contributed by atoms with Crippen LogP contribution in [-0.4, -0.2) is 23.5 Å².